The van der Waals surface area contributed by atoms with Crippen molar-refractivity contribution in [1.82, 2.24) is 0 Å². The van der Waals surface area contributed by atoms with E-state index in [9.17, 15) is 34.4 Å². The second-order valence-corrected chi connectivity index (χ2v) is 13.2. The summed E-state index contributed by atoms with van der Waals surface area (Å²) in [6.07, 6.45) is -3.26. The Morgan fingerprint density at radius 3 is 2.46 bits per heavy atom. The Morgan fingerprint density at radius 1 is 1.10 bits per heavy atom. The summed E-state index contributed by atoms with van der Waals surface area (Å²) >= 11 is 6.17. The van der Waals surface area contributed by atoms with Crippen LogP contribution in [-0.2, 0) is 30.5 Å². The first-order valence-electron chi connectivity index (χ1n) is 12.0. The van der Waals surface area contributed by atoms with Gasteiger partial charge in [-0.15, -0.1) is 0 Å². The summed E-state index contributed by atoms with van der Waals surface area (Å²) in [4.78, 5) is -0.596. The quantitative estimate of drug-likeness (QED) is 0.162. The van der Waals surface area contributed by atoms with Crippen molar-refractivity contribution < 1.29 is 43.3 Å². The van der Waals surface area contributed by atoms with Crippen LogP contribution >= 0.6 is 11.6 Å². The van der Waals surface area contributed by atoms with Gasteiger partial charge in [0, 0.05) is 12.0 Å². The lowest BCUT2D eigenvalue weighted by molar-refractivity contribution is -0.137. The molecular weight excluding hydrogens is 610 g/mol. The number of hydrogen-bond donors (Lipinski definition) is 0. The molecule has 3 aromatic carbocycles. The van der Waals surface area contributed by atoms with Gasteiger partial charge in [0.1, 0.15) is 17.7 Å². The van der Waals surface area contributed by atoms with Gasteiger partial charge >= 0.3 is 6.18 Å². The Kier molecular flexibility index (Phi) is 8.74. The Bertz CT molecular complexity index is 1690. The molecule has 1 aliphatic heterocycles. The number of ether oxygens (including phenoxy) is 1. The first kappa shape index (κ1) is 30.8. The lowest BCUT2D eigenvalue weighted by Gasteiger charge is -2.35. The van der Waals surface area contributed by atoms with E-state index in [0.717, 1.165) is 28.8 Å². The second-order valence-electron chi connectivity index (χ2n) is 9.27. The molecule has 4 rings (SSSR count). The van der Waals surface area contributed by atoms with Crippen LogP contribution in [0.25, 0.3) is 11.6 Å². The number of halogens is 5. The maximum Gasteiger partial charge on any atom is 0.416 e. The molecule has 0 bridgehead atoms. The minimum atomic E-state index is -4.77. The predicted molar refractivity (Wildman–Crippen MR) is 147 cm³/mol. The number of allylic oxidation sites excluding steroid dienone is 1. The molecule has 0 aliphatic carbocycles. The fraction of sp³-hybridized carbons (Fsp3) is 0.259. The Hall–Kier alpha value is -3.13. The molecule has 3 aromatic rings. The molecular formula is C27H24ClF4NO6S2. The van der Waals surface area contributed by atoms with E-state index in [1.54, 1.807) is 19.1 Å². The van der Waals surface area contributed by atoms with Gasteiger partial charge in [0.05, 0.1) is 40.6 Å². The third-order valence-corrected chi connectivity index (χ3v) is 8.83. The van der Waals surface area contributed by atoms with Gasteiger partial charge < -0.3 is 4.74 Å². The molecule has 0 spiro atoms. The van der Waals surface area contributed by atoms with Crippen molar-refractivity contribution in [1.29, 1.82) is 0 Å². The van der Waals surface area contributed by atoms with Gasteiger partial charge in [-0.25, -0.2) is 12.8 Å². The summed E-state index contributed by atoms with van der Waals surface area (Å²) in [5, 5.41) is 0.174. The van der Waals surface area contributed by atoms with Crippen LogP contribution in [0, 0.1) is 5.82 Å². The highest BCUT2D eigenvalue weighted by atomic mass is 35.5. The van der Waals surface area contributed by atoms with Crippen LogP contribution in [0.1, 0.15) is 30.0 Å². The van der Waals surface area contributed by atoms with E-state index in [2.05, 4.69) is 0 Å². The van der Waals surface area contributed by atoms with E-state index in [1.807, 2.05) is 0 Å². The van der Waals surface area contributed by atoms with Crippen LogP contribution in [0.5, 0.6) is 5.75 Å². The summed E-state index contributed by atoms with van der Waals surface area (Å²) in [5.41, 5.74) is -0.0780. The van der Waals surface area contributed by atoms with Crippen molar-refractivity contribution in [2.24, 2.45) is 0 Å². The summed E-state index contributed by atoms with van der Waals surface area (Å²) in [6, 6.07) is 12.1. The van der Waals surface area contributed by atoms with Crippen molar-refractivity contribution in [2.45, 2.75) is 30.5 Å². The highest BCUT2D eigenvalue weighted by molar-refractivity contribution is 7.92. The molecule has 0 fully saturated rings. The fourth-order valence-corrected chi connectivity index (χ4v) is 6.54. The van der Waals surface area contributed by atoms with Gasteiger partial charge in [-0.2, -0.15) is 21.6 Å². The first-order valence-corrected chi connectivity index (χ1v) is 15.7. The zero-order chi connectivity index (χ0) is 30.2. The molecule has 0 saturated carbocycles. The van der Waals surface area contributed by atoms with Crippen LogP contribution in [0.3, 0.4) is 0 Å². The fourth-order valence-electron chi connectivity index (χ4n) is 4.28. The zero-order valence-corrected chi connectivity index (χ0v) is 24.0. The Labute approximate surface area is 240 Å². The molecule has 0 unspecified atom stereocenters. The van der Waals surface area contributed by atoms with Crippen LogP contribution in [0.2, 0.25) is 5.02 Å². The highest BCUT2D eigenvalue weighted by Gasteiger charge is 2.37. The number of anilines is 1. The van der Waals surface area contributed by atoms with Crippen LogP contribution in [0.4, 0.5) is 23.2 Å². The van der Waals surface area contributed by atoms with Gasteiger partial charge in [0.15, 0.2) is 0 Å². The van der Waals surface area contributed by atoms with Gasteiger partial charge in [-0.1, -0.05) is 35.9 Å². The van der Waals surface area contributed by atoms with E-state index >= 15 is 0 Å². The molecule has 0 aromatic heterocycles. The number of rotatable bonds is 8. The second kappa shape index (κ2) is 11.6. The molecule has 0 radical (unpaired) electrons. The average Bonchev–Trinajstić information content (AvgIpc) is 2.87. The zero-order valence-electron chi connectivity index (χ0n) is 21.7. The molecule has 0 saturated heterocycles. The molecule has 14 heteroatoms. The number of fused-ring (bicyclic) bond motifs is 1. The maximum atomic E-state index is 14.5. The third-order valence-electron chi connectivity index (χ3n) is 6.14. The SMILES string of the molecule is C/C(=C\c1ccc2c(c1)N(S(=O)(=O)c1cccc(C(F)(F)F)c1)C[C@H](CCOS(C)(=O)=O)O2)c1c(F)cccc1Cl. The third kappa shape index (κ3) is 7.21. The summed E-state index contributed by atoms with van der Waals surface area (Å²) in [7, 11) is -8.33. The van der Waals surface area contributed by atoms with E-state index in [0.29, 0.717) is 17.2 Å². The van der Waals surface area contributed by atoms with Crippen LogP contribution in [-0.4, -0.2) is 42.3 Å². The van der Waals surface area contributed by atoms with Crippen molar-refractivity contribution >= 4 is 49.1 Å². The molecule has 41 heavy (non-hydrogen) atoms. The minimum Gasteiger partial charge on any atom is -0.486 e. The molecule has 1 heterocycles. The standard InChI is InChI=1S/C27H24ClF4NO6S2/c1-17(26-22(28)7-4-8-23(26)29)13-18-9-10-25-24(14-18)33(16-20(39-25)11-12-38-40(2,34)35)41(36,37)21-6-3-5-19(15-21)27(30,31)32/h3-10,13-15,20H,11-12,16H2,1-2H3/b17-13+/t20-/m0/s1. The topological polar surface area (TPSA) is 90.0 Å². The monoisotopic (exact) mass is 633 g/mol. The lowest BCUT2D eigenvalue weighted by atomic mass is 10.0. The number of sulfonamides is 1. The summed E-state index contributed by atoms with van der Waals surface area (Å²) in [6.45, 7) is 0.971. The van der Waals surface area contributed by atoms with Crippen molar-refractivity contribution in [3.05, 3.63) is 88.2 Å². The molecule has 0 amide bonds. The Morgan fingerprint density at radius 2 is 1.80 bits per heavy atom. The van der Waals surface area contributed by atoms with E-state index in [-0.39, 0.29) is 41.6 Å². The lowest BCUT2D eigenvalue weighted by Crippen LogP contribution is -2.44. The first-order chi connectivity index (χ1) is 19.1. The number of nitrogens with zero attached hydrogens (tertiary/aromatic N) is 1. The van der Waals surface area contributed by atoms with Gasteiger partial charge in [-0.05, 0) is 60.5 Å². The predicted octanol–water partition coefficient (Wildman–Crippen LogP) is 6.38. The van der Waals surface area contributed by atoms with E-state index in [1.165, 1.54) is 30.3 Å². The molecule has 1 aliphatic rings. The number of benzene rings is 3. The minimum absolute atomic E-state index is 0.0314. The summed E-state index contributed by atoms with van der Waals surface area (Å²) in [5.74, 6) is -0.463. The van der Waals surface area contributed by atoms with Gasteiger partial charge in [0.2, 0.25) is 0 Å². The average molecular weight is 634 g/mol. The van der Waals surface area contributed by atoms with Gasteiger partial charge in [-0.3, -0.25) is 8.49 Å². The number of hydrogen-bond acceptors (Lipinski definition) is 6. The van der Waals surface area contributed by atoms with Crippen molar-refractivity contribution in [2.75, 3.05) is 23.7 Å². The number of alkyl halides is 3. The summed E-state index contributed by atoms with van der Waals surface area (Å²) < 4.78 is 116. The maximum absolute atomic E-state index is 14.5. The van der Waals surface area contributed by atoms with E-state index in [4.69, 9.17) is 20.5 Å². The van der Waals surface area contributed by atoms with Crippen molar-refractivity contribution in [3.63, 3.8) is 0 Å². The largest absolute Gasteiger partial charge is 0.486 e. The van der Waals surface area contributed by atoms with Crippen LogP contribution in [0.15, 0.2) is 65.6 Å². The van der Waals surface area contributed by atoms with Crippen molar-refractivity contribution in [3.8, 4) is 5.75 Å². The van der Waals surface area contributed by atoms with Crippen LogP contribution < -0.4 is 9.04 Å². The van der Waals surface area contributed by atoms with E-state index < -0.39 is 48.7 Å². The normalized spacial score (nSPS) is 16.3. The smallest absolute Gasteiger partial charge is 0.416 e. The highest BCUT2D eigenvalue weighted by Crippen LogP contribution is 2.40. The Balaban J connectivity index is 1.78. The molecule has 7 nitrogen and oxygen atoms in total. The molecule has 220 valence electrons. The molecule has 1 atom stereocenters. The van der Waals surface area contributed by atoms with Gasteiger partial charge in [0.25, 0.3) is 20.1 Å². The molecule has 0 N–H and O–H groups in total.